The van der Waals surface area contributed by atoms with Crippen LogP contribution in [0.4, 0.5) is 0 Å². The molecule has 17 heavy (non-hydrogen) atoms. The summed E-state index contributed by atoms with van der Waals surface area (Å²) in [4.78, 5) is 22.3. The Kier molecular flexibility index (Phi) is 5.00. The van der Waals surface area contributed by atoms with E-state index in [1.54, 1.807) is 19.1 Å². The number of esters is 2. The van der Waals surface area contributed by atoms with E-state index in [9.17, 15) is 9.59 Å². The minimum absolute atomic E-state index is 0.130. The molecule has 1 rings (SSSR count). The lowest BCUT2D eigenvalue weighted by atomic mass is 10.2. The van der Waals surface area contributed by atoms with E-state index in [4.69, 9.17) is 13.9 Å². The number of carbonyl (C=O) groups excluding carboxylic acids is 2. The third-order valence-electron chi connectivity index (χ3n) is 1.83. The second kappa shape index (κ2) is 6.52. The van der Waals surface area contributed by atoms with Gasteiger partial charge in [0.25, 0.3) is 0 Å². The summed E-state index contributed by atoms with van der Waals surface area (Å²) in [6.07, 6.45) is 2.97. The molecule has 0 saturated heterocycles. The van der Waals surface area contributed by atoms with Crippen molar-refractivity contribution in [1.29, 1.82) is 0 Å². The van der Waals surface area contributed by atoms with E-state index < -0.39 is 11.9 Å². The van der Waals surface area contributed by atoms with Gasteiger partial charge in [0.1, 0.15) is 12.4 Å². The molecule has 0 radical (unpaired) electrons. The maximum Gasteiger partial charge on any atom is 0.337 e. The first-order valence-corrected chi connectivity index (χ1v) is 5.18. The maximum atomic E-state index is 11.6. The molecule has 1 heterocycles. The van der Waals surface area contributed by atoms with Crippen molar-refractivity contribution in [2.45, 2.75) is 13.8 Å². The summed E-state index contributed by atoms with van der Waals surface area (Å²) in [6.45, 7) is 3.10. The first-order valence-electron chi connectivity index (χ1n) is 5.18. The van der Waals surface area contributed by atoms with E-state index in [-0.39, 0.29) is 18.8 Å². The SMILES string of the molecule is CCOC(=O)/C(=C/c1ccco1)COC(C)=O. The largest absolute Gasteiger partial charge is 0.465 e. The predicted octanol–water partition coefficient (Wildman–Crippen LogP) is 1.79. The summed E-state index contributed by atoms with van der Waals surface area (Å²) in [5.41, 5.74) is 0.233. The van der Waals surface area contributed by atoms with Crippen molar-refractivity contribution in [1.82, 2.24) is 0 Å². The van der Waals surface area contributed by atoms with Gasteiger partial charge < -0.3 is 13.9 Å². The van der Waals surface area contributed by atoms with Crippen molar-refractivity contribution < 1.29 is 23.5 Å². The fourth-order valence-electron chi connectivity index (χ4n) is 1.11. The van der Waals surface area contributed by atoms with Crippen LogP contribution in [0.1, 0.15) is 19.6 Å². The number of rotatable bonds is 5. The average Bonchev–Trinajstić information content (AvgIpc) is 2.76. The topological polar surface area (TPSA) is 65.7 Å². The number of hydrogen-bond donors (Lipinski definition) is 0. The van der Waals surface area contributed by atoms with E-state index >= 15 is 0 Å². The Morgan fingerprint density at radius 2 is 2.18 bits per heavy atom. The molecule has 5 heteroatoms. The van der Waals surface area contributed by atoms with Gasteiger partial charge in [-0.15, -0.1) is 0 Å². The zero-order valence-corrected chi connectivity index (χ0v) is 9.76. The lowest BCUT2D eigenvalue weighted by molar-refractivity contribution is -0.142. The van der Waals surface area contributed by atoms with Crippen molar-refractivity contribution in [2.75, 3.05) is 13.2 Å². The molecule has 0 bridgehead atoms. The summed E-state index contributed by atoms with van der Waals surface area (Å²) in [6, 6.07) is 3.38. The number of carbonyl (C=O) groups is 2. The van der Waals surface area contributed by atoms with Crippen LogP contribution < -0.4 is 0 Å². The smallest absolute Gasteiger partial charge is 0.337 e. The van der Waals surface area contributed by atoms with E-state index in [2.05, 4.69) is 0 Å². The van der Waals surface area contributed by atoms with E-state index in [1.165, 1.54) is 19.3 Å². The molecule has 0 unspecified atom stereocenters. The Morgan fingerprint density at radius 1 is 1.41 bits per heavy atom. The fraction of sp³-hybridized carbons (Fsp3) is 0.333. The highest BCUT2D eigenvalue weighted by Gasteiger charge is 2.13. The number of ether oxygens (including phenoxy) is 2. The first-order chi connectivity index (χ1) is 8.13. The monoisotopic (exact) mass is 238 g/mol. The van der Waals surface area contributed by atoms with Crippen LogP contribution in [-0.4, -0.2) is 25.2 Å². The van der Waals surface area contributed by atoms with Gasteiger partial charge in [-0.05, 0) is 25.1 Å². The quantitative estimate of drug-likeness (QED) is 0.578. The molecule has 0 atom stereocenters. The molecule has 0 aliphatic heterocycles. The van der Waals surface area contributed by atoms with Crippen LogP contribution in [-0.2, 0) is 19.1 Å². The Hall–Kier alpha value is -2.04. The highest BCUT2D eigenvalue weighted by Crippen LogP contribution is 2.09. The Labute approximate surface area is 99.0 Å². The van der Waals surface area contributed by atoms with Gasteiger partial charge in [0.2, 0.25) is 0 Å². The molecule has 92 valence electrons. The molecule has 0 N–H and O–H groups in total. The summed E-state index contributed by atoms with van der Waals surface area (Å²) in [7, 11) is 0. The molecule has 0 spiro atoms. The summed E-state index contributed by atoms with van der Waals surface area (Å²) in [5, 5.41) is 0. The van der Waals surface area contributed by atoms with Crippen molar-refractivity contribution in [2.24, 2.45) is 0 Å². The highest BCUT2D eigenvalue weighted by atomic mass is 16.5. The summed E-state index contributed by atoms with van der Waals surface area (Å²) in [5.74, 6) is -0.481. The van der Waals surface area contributed by atoms with Crippen molar-refractivity contribution in [3.05, 3.63) is 29.7 Å². The van der Waals surface area contributed by atoms with Crippen LogP contribution in [0.3, 0.4) is 0 Å². The van der Waals surface area contributed by atoms with Crippen molar-refractivity contribution >= 4 is 18.0 Å². The lowest BCUT2D eigenvalue weighted by Gasteiger charge is -2.06. The van der Waals surface area contributed by atoms with Crippen molar-refractivity contribution in [3.8, 4) is 0 Å². The molecule has 0 fully saturated rings. The molecule has 0 amide bonds. The van der Waals surface area contributed by atoms with E-state index in [0.717, 1.165) is 0 Å². The molecule has 1 aromatic heterocycles. The highest BCUT2D eigenvalue weighted by molar-refractivity contribution is 5.93. The molecule has 0 aliphatic rings. The minimum atomic E-state index is -0.523. The van der Waals surface area contributed by atoms with Gasteiger partial charge in [-0.25, -0.2) is 4.79 Å². The van der Waals surface area contributed by atoms with E-state index in [1.807, 2.05) is 0 Å². The van der Waals surface area contributed by atoms with E-state index in [0.29, 0.717) is 5.76 Å². The zero-order valence-electron chi connectivity index (χ0n) is 9.76. The standard InChI is InChI=1S/C12H14O5/c1-3-15-12(14)10(8-17-9(2)13)7-11-5-4-6-16-11/h4-7H,3,8H2,1-2H3/b10-7+. The predicted molar refractivity (Wildman–Crippen MR) is 60.0 cm³/mol. The molecule has 0 aromatic carbocycles. The van der Waals surface area contributed by atoms with Crippen LogP contribution in [0.5, 0.6) is 0 Å². The molecular formula is C12H14O5. The third kappa shape index (κ3) is 4.55. The van der Waals surface area contributed by atoms with Gasteiger partial charge >= 0.3 is 11.9 Å². The molecule has 0 aliphatic carbocycles. The molecule has 5 nitrogen and oxygen atoms in total. The van der Waals surface area contributed by atoms with Crippen LogP contribution in [0, 0.1) is 0 Å². The fourth-order valence-corrected chi connectivity index (χ4v) is 1.11. The van der Waals surface area contributed by atoms with Gasteiger partial charge in [0, 0.05) is 6.92 Å². The van der Waals surface area contributed by atoms with Gasteiger partial charge in [0.05, 0.1) is 18.4 Å². The van der Waals surface area contributed by atoms with Gasteiger partial charge in [-0.1, -0.05) is 0 Å². The Balaban J connectivity index is 2.78. The van der Waals surface area contributed by atoms with Crippen LogP contribution in [0.15, 0.2) is 28.4 Å². The Bertz CT molecular complexity index is 403. The Morgan fingerprint density at radius 3 is 2.71 bits per heavy atom. The zero-order chi connectivity index (χ0) is 12.7. The van der Waals surface area contributed by atoms with Crippen LogP contribution in [0.25, 0.3) is 6.08 Å². The third-order valence-corrected chi connectivity index (χ3v) is 1.83. The van der Waals surface area contributed by atoms with Gasteiger partial charge in [-0.3, -0.25) is 4.79 Å². The first kappa shape index (κ1) is 13.0. The average molecular weight is 238 g/mol. The van der Waals surface area contributed by atoms with Gasteiger partial charge in [0.15, 0.2) is 0 Å². The maximum absolute atomic E-state index is 11.6. The molecule has 1 aromatic rings. The summed E-state index contributed by atoms with van der Waals surface area (Å²) < 4.78 is 14.7. The molecule has 0 saturated carbocycles. The van der Waals surface area contributed by atoms with Crippen molar-refractivity contribution in [3.63, 3.8) is 0 Å². The summed E-state index contributed by atoms with van der Waals surface area (Å²) >= 11 is 0. The van der Waals surface area contributed by atoms with Crippen LogP contribution >= 0.6 is 0 Å². The normalized spacial score (nSPS) is 11.1. The number of furan rings is 1. The molecular weight excluding hydrogens is 224 g/mol. The lowest BCUT2D eigenvalue weighted by Crippen LogP contribution is -2.14. The second-order valence-electron chi connectivity index (χ2n) is 3.19. The number of hydrogen-bond acceptors (Lipinski definition) is 5. The minimum Gasteiger partial charge on any atom is -0.465 e. The van der Waals surface area contributed by atoms with Gasteiger partial charge in [-0.2, -0.15) is 0 Å². The van der Waals surface area contributed by atoms with Crippen LogP contribution in [0.2, 0.25) is 0 Å². The second-order valence-corrected chi connectivity index (χ2v) is 3.19.